The van der Waals surface area contributed by atoms with E-state index in [4.69, 9.17) is 4.74 Å². The van der Waals surface area contributed by atoms with E-state index in [0.29, 0.717) is 20.6 Å². The summed E-state index contributed by atoms with van der Waals surface area (Å²) in [5, 5.41) is 1.98. The fourth-order valence-electron chi connectivity index (χ4n) is 3.46. The molecule has 0 amide bonds. The zero-order valence-electron chi connectivity index (χ0n) is 17.6. The molecule has 31 heavy (non-hydrogen) atoms. The van der Waals surface area contributed by atoms with Crippen LogP contribution in [0.25, 0.3) is 6.08 Å². The number of ether oxygens (including phenoxy) is 1. The van der Waals surface area contributed by atoms with Gasteiger partial charge in [0.25, 0.3) is 5.56 Å². The molecule has 1 aliphatic heterocycles. The molecule has 0 radical (unpaired) electrons. The molecule has 0 saturated heterocycles. The van der Waals surface area contributed by atoms with Crippen LogP contribution in [-0.2, 0) is 9.53 Å². The summed E-state index contributed by atoms with van der Waals surface area (Å²) in [5.74, 6) is -0.442. The number of carbonyl (C=O) groups excluding carboxylic acids is 1. The maximum absolute atomic E-state index is 13.5. The lowest BCUT2D eigenvalue weighted by Crippen LogP contribution is -2.40. The Morgan fingerprint density at radius 3 is 2.61 bits per heavy atom. The van der Waals surface area contributed by atoms with Gasteiger partial charge in [0.2, 0.25) is 0 Å². The van der Waals surface area contributed by atoms with Crippen molar-refractivity contribution in [3.05, 3.63) is 83.2 Å². The molecule has 3 heterocycles. The van der Waals surface area contributed by atoms with Crippen LogP contribution in [0.3, 0.4) is 0 Å². The Bertz CT molecular complexity index is 1310. The lowest BCUT2D eigenvalue weighted by molar-refractivity contribution is -0.143. The second kappa shape index (κ2) is 8.98. The molecule has 160 valence electrons. The number of esters is 1. The average Bonchev–Trinajstić information content (AvgIpc) is 3.35. The van der Waals surface area contributed by atoms with E-state index in [0.717, 1.165) is 15.3 Å². The molecule has 0 saturated carbocycles. The number of aromatic nitrogens is 1. The van der Waals surface area contributed by atoms with Gasteiger partial charge in [0.15, 0.2) is 4.80 Å². The third kappa shape index (κ3) is 4.33. The third-order valence-electron chi connectivity index (χ3n) is 4.83. The van der Waals surface area contributed by atoms with Gasteiger partial charge >= 0.3 is 5.97 Å². The van der Waals surface area contributed by atoms with E-state index >= 15 is 0 Å². The number of allylic oxidation sites excluding steroid dienone is 1. The topological polar surface area (TPSA) is 60.7 Å². The van der Waals surface area contributed by atoms with Crippen LogP contribution in [-0.4, -0.2) is 22.9 Å². The summed E-state index contributed by atoms with van der Waals surface area (Å²) < 4.78 is 7.75. The smallest absolute Gasteiger partial charge is 0.338 e. The van der Waals surface area contributed by atoms with Crippen molar-refractivity contribution in [2.45, 2.75) is 37.8 Å². The number of rotatable bonds is 5. The van der Waals surface area contributed by atoms with E-state index in [1.54, 1.807) is 34.6 Å². The molecule has 2 aromatic heterocycles. The first-order valence-electron chi connectivity index (χ1n) is 9.80. The Balaban J connectivity index is 1.94. The van der Waals surface area contributed by atoms with E-state index in [1.807, 2.05) is 68.0 Å². The zero-order valence-corrected chi connectivity index (χ0v) is 20.1. The molecular formula is C23H22N2O3S3. The Morgan fingerprint density at radius 2 is 2.00 bits per heavy atom. The van der Waals surface area contributed by atoms with Gasteiger partial charge in [-0.05, 0) is 62.2 Å². The number of carbonyl (C=O) groups is 1. The molecule has 0 bridgehead atoms. The van der Waals surface area contributed by atoms with E-state index in [2.05, 4.69) is 4.99 Å². The van der Waals surface area contributed by atoms with Crippen molar-refractivity contribution in [3.8, 4) is 0 Å². The summed E-state index contributed by atoms with van der Waals surface area (Å²) in [6.07, 6.45) is 3.63. The minimum Gasteiger partial charge on any atom is -0.459 e. The molecule has 5 nitrogen and oxygen atoms in total. The Hall–Kier alpha value is -2.42. The highest BCUT2D eigenvalue weighted by Crippen LogP contribution is 2.32. The SMILES string of the molecule is CSc1ccc(C2C(C(=O)OC(C)C)=C(C)N=c3sc(=Cc4cccs4)c(=O)n32)cc1. The predicted octanol–water partition coefficient (Wildman–Crippen LogP) is 3.97. The molecule has 1 unspecified atom stereocenters. The number of hydrogen-bond donors (Lipinski definition) is 0. The third-order valence-corrected chi connectivity index (χ3v) is 7.38. The van der Waals surface area contributed by atoms with Crippen LogP contribution in [0.2, 0.25) is 0 Å². The largest absolute Gasteiger partial charge is 0.459 e. The van der Waals surface area contributed by atoms with Crippen LogP contribution in [0.15, 0.2) is 67.7 Å². The molecule has 0 aliphatic carbocycles. The first-order chi connectivity index (χ1) is 14.9. The molecular weight excluding hydrogens is 448 g/mol. The van der Waals surface area contributed by atoms with Crippen molar-refractivity contribution in [1.29, 1.82) is 0 Å². The fraction of sp³-hybridized carbons (Fsp3) is 0.261. The van der Waals surface area contributed by atoms with E-state index in [-0.39, 0.29) is 11.7 Å². The van der Waals surface area contributed by atoms with Crippen LogP contribution in [0.5, 0.6) is 0 Å². The van der Waals surface area contributed by atoms with Gasteiger partial charge in [-0.1, -0.05) is 29.5 Å². The van der Waals surface area contributed by atoms with E-state index < -0.39 is 12.0 Å². The predicted molar refractivity (Wildman–Crippen MR) is 128 cm³/mol. The number of thioether (sulfide) groups is 1. The Morgan fingerprint density at radius 1 is 1.26 bits per heavy atom. The van der Waals surface area contributed by atoms with Crippen molar-refractivity contribution in [3.63, 3.8) is 0 Å². The minimum absolute atomic E-state index is 0.154. The highest BCUT2D eigenvalue weighted by Gasteiger charge is 2.33. The van der Waals surface area contributed by atoms with Gasteiger partial charge in [0, 0.05) is 9.77 Å². The molecule has 0 N–H and O–H groups in total. The zero-order chi connectivity index (χ0) is 22.1. The highest BCUT2D eigenvalue weighted by molar-refractivity contribution is 7.98. The quantitative estimate of drug-likeness (QED) is 0.418. The maximum atomic E-state index is 13.5. The Labute approximate surface area is 192 Å². The number of benzene rings is 1. The molecule has 1 aliphatic rings. The van der Waals surface area contributed by atoms with Crippen molar-refractivity contribution >= 4 is 46.5 Å². The molecule has 1 aromatic carbocycles. The summed E-state index contributed by atoms with van der Waals surface area (Å²) in [6.45, 7) is 5.43. The van der Waals surface area contributed by atoms with Gasteiger partial charge in [0.05, 0.1) is 27.9 Å². The minimum atomic E-state index is -0.580. The summed E-state index contributed by atoms with van der Waals surface area (Å²) in [7, 11) is 0. The number of thiazole rings is 1. The molecule has 0 spiro atoms. The van der Waals surface area contributed by atoms with Gasteiger partial charge < -0.3 is 4.74 Å². The number of thiophene rings is 1. The number of fused-ring (bicyclic) bond motifs is 1. The van der Waals surface area contributed by atoms with Gasteiger partial charge in [-0.15, -0.1) is 23.1 Å². The molecule has 1 atom stereocenters. The van der Waals surface area contributed by atoms with Crippen molar-refractivity contribution < 1.29 is 9.53 Å². The standard InChI is InChI=1S/C23H22N2O3S3/c1-13(2)28-22(27)19-14(3)24-23-25(20(19)15-7-9-16(29-4)10-8-15)21(26)18(31-23)12-17-6-5-11-30-17/h5-13,20H,1-4H3. The van der Waals surface area contributed by atoms with Gasteiger partial charge in [-0.3, -0.25) is 9.36 Å². The monoisotopic (exact) mass is 470 g/mol. The van der Waals surface area contributed by atoms with Gasteiger partial charge in [-0.2, -0.15) is 0 Å². The molecule has 3 aromatic rings. The van der Waals surface area contributed by atoms with Gasteiger partial charge in [-0.25, -0.2) is 9.79 Å². The normalized spacial score (nSPS) is 16.4. The van der Waals surface area contributed by atoms with E-state index in [1.165, 1.54) is 11.3 Å². The summed E-state index contributed by atoms with van der Waals surface area (Å²) in [4.78, 5) is 33.8. The lowest BCUT2D eigenvalue weighted by atomic mass is 9.96. The van der Waals surface area contributed by atoms with Crippen LogP contribution in [0.1, 0.15) is 37.3 Å². The Kier molecular flexibility index (Phi) is 6.31. The second-order valence-corrected chi connectivity index (χ2v) is 10.2. The van der Waals surface area contributed by atoms with Crippen molar-refractivity contribution in [1.82, 2.24) is 4.57 Å². The van der Waals surface area contributed by atoms with E-state index in [9.17, 15) is 9.59 Å². The first-order valence-corrected chi connectivity index (χ1v) is 12.7. The molecule has 0 fully saturated rings. The summed E-state index contributed by atoms with van der Waals surface area (Å²) >= 11 is 4.56. The van der Waals surface area contributed by atoms with Crippen LogP contribution in [0.4, 0.5) is 0 Å². The number of nitrogens with zero attached hydrogens (tertiary/aromatic N) is 2. The van der Waals surface area contributed by atoms with Crippen LogP contribution >= 0.6 is 34.4 Å². The highest BCUT2D eigenvalue weighted by atomic mass is 32.2. The van der Waals surface area contributed by atoms with Gasteiger partial charge in [0.1, 0.15) is 0 Å². The fourth-order valence-corrected chi connectivity index (χ4v) is 5.64. The molecule has 4 rings (SSSR count). The van der Waals surface area contributed by atoms with Crippen molar-refractivity contribution in [2.75, 3.05) is 6.26 Å². The lowest BCUT2D eigenvalue weighted by Gasteiger charge is -2.25. The maximum Gasteiger partial charge on any atom is 0.338 e. The van der Waals surface area contributed by atoms with Crippen LogP contribution in [0, 0.1) is 0 Å². The van der Waals surface area contributed by atoms with Crippen LogP contribution < -0.4 is 14.9 Å². The second-order valence-electron chi connectivity index (χ2n) is 7.32. The summed E-state index contributed by atoms with van der Waals surface area (Å²) in [6, 6.07) is 11.3. The first kappa shape index (κ1) is 21.8. The average molecular weight is 471 g/mol. The molecule has 8 heteroatoms. The number of hydrogen-bond acceptors (Lipinski definition) is 7. The van der Waals surface area contributed by atoms with Crippen molar-refractivity contribution in [2.24, 2.45) is 4.99 Å². The summed E-state index contributed by atoms with van der Waals surface area (Å²) in [5.41, 5.74) is 1.68.